The Hall–Kier alpha value is -3.33. The lowest BCUT2D eigenvalue weighted by Crippen LogP contribution is -2.48. The number of hydrogen-bond acceptors (Lipinski definition) is 5. The summed E-state index contributed by atoms with van der Waals surface area (Å²) in [5.74, 6) is -0.696. The Balaban J connectivity index is 1.90. The molecule has 0 aliphatic heterocycles. The summed E-state index contributed by atoms with van der Waals surface area (Å²) in [5, 5.41) is 13.1. The molecule has 140 valence electrons. The van der Waals surface area contributed by atoms with E-state index in [-0.39, 0.29) is 16.4 Å². The van der Waals surface area contributed by atoms with E-state index in [1.165, 1.54) is 18.2 Å². The van der Waals surface area contributed by atoms with Crippen molar-refractivity contribution in [1.82, 2.24) is 16.2 Å². The van der Waals surface area contributed by atoms with Gasteiger partial charge in [0.2, 0.25) is 0 Å². The fraction of sp³-hybridized carbons (Fsp3) is 0.167. The lowest BCUT2D eigenvalue weighted by molar-refractivity contribution is -0.384. The van der Waals surface area contributed by atoms with Crippen LogP contribution >= 0.6 is 12.2 Å². The van der Waals surface area contributed by atoms with E-state index in [9.17, 15) is 19.7 Å². The first-order valence-electron chi connectivity index (χ1n) is 8.04. The minimum Gasteiger partial charge on any atom is -0.298 e. The van der Waals surface area contributed by atoms with Gasteiger partial charge in [-0.05, 0) is 41.9 Å². The Morgan fingerprint density at radius 2 is 1.67 bits per heavy atom. The molecule has 0 spiro atoms. The molecule has 27 heavy (non-hydrogen) atoms. The molecule has 9 heteroatoms. The van der Waals surface area contributed by atoms with E-state index < -0.39 is 16.7 Å². The summed E-state index contributed by atoms with van der Waals surface area (Å²) in [4.78, 5) is 34.3. The molecule has 0 atom stereocenters. The van der Waals surface area contributed by atoms with Gasteiger partial charge in [-0.15, -0.1) is 0 Å². The zero-order valence-corrected chi connectivity index (χ0v) is 15.5. The third-order valence-electron chi connectivity index (χ3n) is 3.68. The molecular weight excluding hydrogens is 368 g/mol. The number of hydrogen-bond donors (Lipinski definition) is 3. The molecule has 0 radical (unpaired) electrons. The van der Waals surface area contributed by atoms with Gasteiger partial charge in [0.15, 0.2) is 5.11 Å². The monoisotopic (exact) mass is 386 g/mol. The third-order valence-corrected chi connectivity index (χ3v) is 3.88. The Morgan fingerprint density at radius 1 is 1.00 bits per heavy atom. The number of carbonyl (C=O) groups is 2. The molecule has 0 saturated carbocycles. The zero-order valence-electron chi connectivity index (χ0n) is 14.7. The van der Waals surface area contributed by atoms with E-state index in [4.69, 9.17) is 12.2 Å². The van der Waals surface area contributed by atoms with Crippen LogP contribution in [0.3, 0.4) is 0 Å². The van der Waals surface area contributed by atoms with Crippen LogP contribution in [-0.2, 0) is 0 Å². The van der Waals surface area contributed by atoms with Gasteiger partial charge in [0.1, 0.15) is 0 Å². The van der Waals surface area contributed by atoms with Crippen molar-refractivity contribution in [2.75, 3.05) is 0 Å². The van der Waals surface area contributed by atoms with E-state index in [0.29, 0.717) is 11.5 Å². The molecule has 0 fully saturated rings. The zero-order chi connectivity index (χ0) is 20.0. The van der Waals surface area contributed by atoms with Gasteiger partial charge in [0.25, 0.3) is 17.5 Å². The van der Waals surface area contributed by atoms with Gasteiger partial charge < -0.3 is 0 Å². The molecule has 3 N–H and O–H groups in total. The van der Waals surface area contributed by atoms with Crippen molar-refractivity contribution >= 4 is 34.8 Å². The van der Waals surface area contributed by atoms with Gasteiger partial charge in [-0.1, -0.05) is 32.0 Å². The quantitative estimate of drug-likeness (QED) is 0.423. The number of nitrogens with zero attached hydrogens (tertiary/aromatic N) is 1. The maximum atomic E-state index is 12.1. The maximum Gasteiger partial charge on any atom is 0.270 e. The summed E-state index contributed by atoms with van der Waals surface area (Å²) in [7, 11) is 0. The van der Waals surface area contributed by atoms with E-state index in [1.54, 1.807) is 12.1 Å². The summed E-state index contributed by atoms with van der Waals surface area (Å²) >= 11 is 4.97. The lowest BCUT2D eigenvalue weighted by Gasteiger charge is -2.11. The second-order valence-electron chi connectivity index (χ2n) is 5.95. The van der Waals surface area contributed by atoms with Crippen molar-refractivity contribution in [1.29, 1.82) is 0 Å². The van der Waals surface area contributed by atoms with Crippen LogP contribution in [0.25, 0.3) is 0 Å². The summed E-state index contributed by atoms with van der Waals surface area (Å²) in [5.41, 5.74) is 6.07. The number of carbonyl (C=O) groups excluding carboxylic acids is 2. The van der Waals surface area contributed by atoms with Crippen LogP contribution in [-0.4, -0.2) is 21.9 Å². The number of nitrogens with one attached hydrogen (secondary N) is 3. The molecule has 8 nitrogen and oxygen atoms in total. The SMILES string of the molecule is CC(C)c1ccc(C(=O)NC(=S)NNC(=O)c2cccc([N+](=O)[O-])c2)cc1. The number of amides is 2. The molecule has 0 unspecified atom stereocenters. The van der Waals surface area contributed by atoms with Crippen molar-refractivity contribution in [3.63, 3.8) is 0 Å². The lowest BCUT2D eigenvalue weighted by atomic mass is 10.0. The first kappa shape index (κ1) is 20.0. The number of rotatable bonds is 4. The van der Waals surface area contributed by atoms with Crippen molar-refractivity contribution in [2.24, 2.45) is 0 Å². The molecule has 2 rings (SSSR count). The van der Waals surface area contributed by atoms with Gasteiger partial charge in [-0.3, -0.25) is 35.9 Å². The highest BCUT2D eigenvalue weighted by molar-refractivity contribution is 7.80. The van der Waals surface area contributed by atoms with Crippen molar-refractivity contribution in [2.45, 2.75) is 19.8 Å². The Kier molecular flexibility index (Phi) is 6.56. The first-order chi connectivity index (χ1) is 12.8. The number of hydrazine groups is 1. The van der Waals surface area contributed by atoms with Crippen molar-refractivity contribution in [3.05, 3.63) is 75.3 Å². The maximum absolute atomic E-state index is 12.1. The van der Waals surface area contributed by atoms with Gasteiger partial charge >= 0.3 is 0 Å². The number of benzene rings is 2. The number of thiocarbonyl (C=S) groups is 1. The summed E-state index contributed by atoms with van der Waals surface area (Å²) in [6.07, 6.45) is 0. The van der Waals surface area contributed by atoms with Crippen LogP contribution in [0.5, 0.6) is 0 Å². The van der Waals surface area contributed by atoms with E-state index in [2.05, 4.69) is 30.0 Å². The molecule has 0 heterocycles. The number of nitro groups is 1. The summed E-state index contributed by atoms with van der Waals surface area (Å²) in [6.45, 7) is 4.11. The molecule has 0 aliphatic carbocycles. The Morgan fingerprint density at radius 3 is 2.26 bits per heavy atom. The van der Waals surface area contributed by atoms with Gasteiger partial charge in [-0.2, -0.15) is 0 Å². The normalized spacial score (nSPS) is 10.2. The molecule has 0 bridgehead atoms. The molecule has 2 aromatic carbocycles. The Labute approximate surface area is 161 Å². The molecule has 2 amide bonds. The van der Waals surface area contributed by atoms with Crippen LogP contribution < -0.4 is 16.2 Å². The third kappa shape index (κ3) is 5.58. The minimum absolute atomic E-state index is 0.0788. The molecular formula is C18H18N4O4S. The number of nitro benzene ring substituents is 1. The average Bonchev–Trinajstić information content (AvgIpc) is 2.66. The van der Waals surface area contributed by atoms with E-state index in [1.807, 2.05) is 12.1 Å². The number of non-ortho nitro benzene ring substituents is 1. The smallest absolute Gasteiger partial charge is 0.270 e. The van der Waals surface area contributed by atoms with Crippen LogP contribution in [0, 0.1) is 10.1 Å². The first-order valence-corrected chi connectivity index (χ1v) is 8.45. The summed E-state index contributed by atoms with van der Waals surface area (Å²) in [6, 6.07) is 12.3. The second kappa shape index (κ2) is 8.86. The minimum atomic E-state index is -0.628. The molecule has 0 aromatic heterocycles. The fourth-order valence-corrected chi connectivity index (χ4v) is 2.32. The van der Waals surface area contributed by atoms with Gasteiger partial charge in [0.05, 0.1) is 4.92 Å². The highest BCUT2D eigenvalue weighted by Crippen LogP contribution is 2.14. The average molecular weight is 386 g/mol. The van der Waals surface area contributed by atoms with Crippen LogP contribution in [0.1, 0.15) is 46.0 Å². The second-order valence-corrected chi connectivity index (χ2v) is 6.35. The Bertz CT molecular complexity index is 881. The summed E-state index contributed by atoms with van der Waals surface area (Å²) < 4.78 is 0. The van der Waals surface area contributed by atoms with Crippen LogP contribution in [0.4, 0.5) is 5.69 Å². The topological polar surface area (TPSA) is 113 Å². The molecule has 0 saturated heterocycles. The highest BCUT2D eigenvalue weighted by Gasteiger charge is 2.13. The van der Waals surface area contributed by atoms with Crippen molar-refractivity contribution in [3.8, 4) is 0 Å². The van der Waals surface area contributed by atoms with E-state index in [0.717, 1.165) is 11.6 Å². The standard InChI is InChI=1S/C18H18N4O4S/c1-11(2)12-6-8-13(9-7-12)16(23)19-18(27)21-20-17(24)14-4-3-5-15(10-14)22(25)26/h3-11H,1-2H3,(H,20,24)(H2,19,21,23,27). The largest absolute Gasteiger partial charge is 0.298 e. The predicted octanol–water partition coefficient (Wildman–Crippen LogP) is 2.67. The highest BCUT2D eigenvalue weighted by atomic mass is 32.1. The van der Waals surface area contributed by atoms with Crippen molar-refractivity contribution < 1.29 is 14.5 Å². The van der Waals surface area contributed by atoms with Crippen LogP contribution in [0.2, 0.25) is 0 Å². The fourth-order valence-electron chi connectivity index (χ4n) is 2.17. The molecule has 2 aromatic rings. The van der Waals surface area contributed by atoms with E-state index >= 15 is 0 Å². The predicted molar refractivity (Wildman–Crippen MR) is 104 cm³/mol. The van der Waals surface area contributed by atoms with Gasteiger partial charge in [-0.25, -0.2) is 0 Å². The van der Waals surface area contributed by atoms with Crippen LogP contribution in [0.15, 0.2) is 48.5 Å². The van der Waals surface area contributed by atoms with Gasteiger partial charge in [0, 0.05) is 23.3 Å². The molecule has 0 aliphatic rings.